The van der Waals surface area contributed by atoms with Gasteiger partial charge in [0, 0.05) is 0 Å². The molecule has 0 aliphatic carbocycles. The number of anilines is 1. The highest BCUT2D eigenvalue weighted by Gasteiger charge is 2.13. The molecule has 1 aromatic heterocycles. The van der Waals surface area contributed by atoms with Gasteiger partial charge in [0.1, 0.15) is 11.3 Å². The topological polar surface area (TPSA) is 43.8 Å². The van der Waals surface area contributed by atoms with Crippen LogP contribution in [0.15, 0.2) is 36.4 Å². The molecule has 0 aliphatic heterocycles. The number of fused-ring (bicyclic) bond motifs is 1. The molecule has 0 spiro atoms. The third-order valence-electron chi connectivity index (χ3n) is 2.82. The van der Waals surface area contributed by atoms with E-state index in [-0.39, 0.29) is 11.0 Å². The second-order valence-electron chi connectivity index (χ2n) is 4.01. The summed E-state index contributed by atoms with van der Waals surface area (Å²) in [5.74, 6) is -0.211. The highest BCUT2D eigenvalue weighted by atomic mass is 35.5. The van der Waals surface area contributed by atoms with Crippen molar-refractivity contribution in [2.75, 3.05) is 5.73 Å². The number of benzene rings is 2. The molecular weight excluding hydrogens is 288 g/mol. The van der Waals surface area contributed by atoms with Crippen LogP contribution in [0, 0.1) is 5.82 Å². The third-order valence-corrected chi connectivity index (χ3v) is 3.42. The molecule has 2 N–H and O–H groups in total. The monoisotopic (exact) mass is 295 g/mol. The van der Waals surface area contributed by atoms with E-state index in [2.05, 4.69) is 4.98 Å². The molecule has 0 aliphatic rings. The second kappa shape index (κ2) is 4.40. The summed E-state index contributed by atoms with van der Waals surface area (Å²) in [6.45, 7) is 0. The molecule has 96 valence electrons. The second-order valence-corrected chi connectivity index (χ2v) is 4.83. The SMILES string of the molecule is Nc1nc2c(Cl)cccc2n1-c1ccc(F)c(Cl)c1. The maximum atomic E-state index is 13.2. The molecule has 0 saturated heterocycles. The Labute approximate surface area is 118 Å². The minimum absolute atomic E-state index is 0.0285. The van der Waals surface area contributed by atoms with Gasteiger partial charge in [0.05, 0.1) is 21.2 Å². The summed E-state index contributed by atoms with van der Waals surface area (Å²) in [6, 6.07) is 9.73. The van der Waals surface area contributed by atoms with E-state index in [1.807, 2.05) is 6.07 Å². The van der Waals surface area contributed by atoms with Gasteiger partial charge in [-0.2, -0.15) is 0 Å². The molecule has 0 bridgehead atoms. The first kappa shape index (κ1) is 12.3. The summed E-state index contributed by atoms with van der Waals surface area (Å²) in [5, 5.41) is 0.539. The van der Waals surface area contributed by atoms with Gasteiger partial charge in [0.2, 0.25) is 5.95 Å². The van der Waals surface area contributed by atoms with Gasteiger partial charge in [-0.25, -0.2) is 9.37 Å². The quantitative estimate of drug-likeness (QED) is 0.736. The number of nitrogen functional groups attached to an aromatic ring is 1. The number of hydrogen-bond donors (Lipinski definition) is 1. The van der Waals surface area contributed by atoms with Crippen molar-refractivity contribution in [1.29, 1.82) is 0 Å². The van der Waals surface area contributed by atoms with E-state index in [9.17, 15) is 4.39 Å². The lowest BCUT2D eigenvalue weighted by atomic mass is 10.2. The van der Waals surface area contributed by atoms with E-state index < -0.39 is 5.82 Å². The molecule has 0 amide bonds. The van der Waals surface area contributed by atoms with Crippen LogP contribution in [0.5, 0.6) is 0 Å². The third kappa shape index (κ3) is 1.93. The minimum atomic E-state index is -0.480. The van der Waals surface area contributed by atoms with Gasteiger partial charge in [0.25, 0.3) is 0 Å². The molecule has 6 heteroatoms. The van der Waals surface area contributed by atoms with Crippen molar-refractivity contribution in [2.24, 2.45) is 0 Å². The van der Waals surface area contributed by atoms with Crippen LogP contribution >= 0.6 is 23.2 Å². The average Bonchev–Trinajstić information content (AvgIpc) is 2.71. The number of hydrogen-bond acceptors (Lipinski definition) is 2. The first-order valence-electron chi connectivity index (χ1n) is 5.46. The van der Waals surface area contributed by atoms with E-state index in [1.165, 1.54) is 12.1 Å². The van der Waals surface area contributed by atoms with E-state index in [4.69, 9.17) is 28.9 Å². The fraction of sp³-hybridized carbons (Fsp3) is 0. The van der Waals surface area contributed by atoms with Gasteiger partial charge in [0.15, 0.2) is 0 Å². The number of aromatic nitrogens is 2. The first-order chi connectivity index (χ1) is 9.08. The maximum Gasteiger partial charge on any atom is 0.205 e. The number of rotatable bonds is 1. The van der Waals surface area contributed by atoms with Crippen molar-refractivity contribution in [3.63, 3.8) is 0 Å². The largest absolute Gasteiger partial charge is 0.369 e. The van der Waals surface area contributed by atoms with Crippen molar-refractivity contribution in [1.82, 2.24) is 9.55 Å². The Kier molecular flexibility index (Phi) is 2.84. The number of halogens is 3. The summed E-state index contributed by atoms with van der Waals surface area (Å²) in [7, 11) is 0. The number of para-hydroxylation sites is 1. The van der Waals surface area contributed by atoms with E-state index >= 15 is 0 Å². The fourth-order valence-electron chi connectivity index (χ4n) is 1.98. The molecule has 0 radical (unpaired) electrons. The summed E-state index contributed by atoms with van der Waals surface area (Å²) in [4.78, 5) is 4.21. The molecule has 3 nitrogen and oxygen atoms in total. The molecule has 0 saturated carbocycles. The van der Waals surface area contributed by atoms with E-state index in [0.29, 0.717) is 16.2 Å². The molecular formula is C13H8Cl2FN3. The van der Waals surface area contributed by atoms with Crippen LogP contribution in [0.1, 0.15) is 0 Å². The number of nitrogens with two attached hydrogens (primary N) is 1. The van der Waals surface area contributed by atoms with Crippen LogP contribution in [0.25, 0.3) is 16.7 Å². The summed E-state index contributed by atoms with van der Waals surface area (Å²) >= 11 is 11.9. The first-order valence-corrected chi connectivity index (χ1v) is 6.21. The molecule has 3 aromatic rings. The van der Waals surface area contributed by atoms with Gasteiger partial charge in [-0.3, -0.25) is 4.57 Å². The zero-order valence-electron chi connectivity index (χ0n) is 9.57. The van der Waals surface area contributed by atoms with Gasteiger partial charge >= 0.3 is 0 Å². The fourth-order valence-corrected chi connectivity index (χ4v) is 2.37. The molecule has 1 heterocycles. The van der Waals surface area contributed by atoms with Crippen molar-refractivity contribution in [2.45, 2.75) is 0 Å². The van der Waals surface area contributed by atoms with Crippen LogP contribution < -0.4 is 5.73 Å². The van der Waals surface area contributed by atoms with Gasteiger partial charge in [-0.05, 0) is 30.3 Å². The lowest BCUT2D eigenvalue weighted by Crippen LogP contribution is -2.00. The van der Waals surface area contributed by atoms with Crippen LogP contribution in [0.2, 0.25) is 10.0 Å². The Bertz CT molecular complexity index is 783. The van der Waals surface area contributed by atoms with Crippen molar-refractivity contribution in [3.05, 3.63) is 52.3 Å². The Hall–Kier alpha value is -1.78. The van der Waals surface area contributed by atoms with E-state index in [1.54, 1.807) is 22.8 Å². The Morgan fingerprint density at radius 2 is 1.89 bits per heavy atom. The van der Waals surface area contributed by atoms with Crippen molar-refractivity contribution < 1.29 is 4.39 Å². The van der Waals surface area contributed by atoms with Crippen LogP contribution in [-0.2, 0) is 0 Å². The van der Waals surface area contributed by atoms with Gasteiger partial charge in [-0.1, -0.05) is 29.3 Å². The van der Waals surface area contributed by atoms with Gasteiger partial charge < -0.3 is 5.73 Å². The van der Waals surface area contributed by atoms with E-state index in [0.717, 1.165) is 5.52 Å². The highest BCUT2D eigenvalue weighted by molar-refractivity contribution is 6.35. The zero-order valence-corrected chi connectivity index (χ0v) is 11.1. The summed E-state index contributed by atoms with van der Waals surface area (Å²) < 4.78 is 14.9. The molecule has 3 rings (SSSR count). The Morgan fingerprint density at radius 1 is 1.11 bits per heavy atom. The standard InChI is InChI=1S/C13H8Cl2FN3/c14-8-2-1-3-11-12(8)18-13(17)19(11)7-4-5-10(16)9(15)6-7/h1-6H,(H2,17,18). The van der Waals surface area contributed by atoms with Crippen molar-refractivity contribution >= 4 is 40.2 Å². The molecule has 0 fully saturated rings. The van der Waals surface area contributed by atoms with Crippen molar-refractivity contribution in [3.8, 4) is 5.69 Å². The molecule has 2 aromatic carbocycles. The zero-order chi connectivity index (χ0) is 13.6. The predicted molar refractivity (Wildman–Crippen MR) is 75.5 cm³/mol. The number of nitrogens with zero attached hydrogens (tertiary/aromatic N) is 2. The number of imidazole rings is 1. The Balaban J connectivity index is 2.33. The highest BCUT2D eigenvalue weighted by Crippen LogP contribution is 2.29. The summed E-state index contributed by atoms with van der Waals surface area (Å²) in [6.07, 6.45) is 0. The molecule has 0 unspecified atom stereocenters. The lowest BCUT2D eigenvalue weighted by Gasteiger charge is -2.07. The maximum absolute atomic E-state index is 13.2. The lowest BCUT2D eigenvalue weighted by molar-refractivity contribution is 0.628. The minimum Gasteiger partial charge on any atom is -0.369 e. The van der Waals surface area contributed by atoms with Gasteiger partial charge in [-0.15, -0.1) is 0 Å². The average molecular weight is 296 g/mol. The molecule has 0 atom stereocenters. The summed E-state index contributed by atoms with van der Waals surface area (Å²) in [5.41, 5.74) is 7.87. The normalized spacial score (nSPS) is 11.1. The van der Waals surface area contributed by atoms with Crippen LogP contribution in [-0.4, -0.2) is 9.55 Å². The molecule has 19 heavy (non-hydrogen) atoms. The predicted octanol–water partition coefficient (Wildman–Crippen LogP) is 4.05. The smallest absolute Gasteiger partial charge is 0.205 e. The van der Waals surface area contributed by atoms with Crippen LogP contribution in [0.4, 0.5) is 10.3 Å². The van der Waals surface area contributed by atoms with Crippen LogP contribution in [0.3, 0.4) is 0 Å². The Morgan fingerprint density at radius 3 is 2.63 bits per heavy atom.